The third kappa shape index (κ3) is 12.5. The van der Waals surface area contributed by atoms with Crippen LogP contribution in [0.1, 0.15) is 136 Å². The summed E-state index contributed by atoms with van der Waals surface area (Å²) in [6.07, 6.45) is 18.0. The highest BCUT2D eigenvalue weighted by Gasteiger charge is 2.35. The van der Waals surface area contributed by atoms with Crippen molar-refractivity contribution in [2.24, 2.45) is 11.8 Å². The van der Waals surface area contributed by atoms with Gasteiger partial charge >= 0.3 is 0 Å². The Hall–Kier alpha value is -5.00. The number of Topliss-reactive ketones (excluding diaryl/α,β-unsaturated/α-hetero) is 1. The van der Waals surface area contributed by atoms with Gasteiger partial charge in [0.05, 0.1) is 11.4 Å². The number of benzene rings is 1. The molecule has 2 unspecified atom stereocenters. The maximum absolute atomic E-state index is 14.1. The van der Waals surface area contributed by atoms with E-state index in [1.807, 2.05) is 24.3 Å². The molecule has 5 rings (SSSR count). The average Bonchev–Trinajstić information content (AvgIpc) is 4.00. The third-order valence-electron chi connectivity index (χ3n) is 12.4. The fraction of sp³-hybridized carbons (Fsp3) is 0.583. The minimum absolute atomic E-state index is 0.0223. The van der Waals surface area contributed by atoms with Crippen LogP contribution in [0.15, 0.2) is 59.0 Å². The molecule has 0 bridgehead atoms. The number of unbranched alkanes of at least 4 members (excludes halogenated alkanes) is 2. The van der Waals surface area contributed by atoms with Crippen LogP contribution >= 0.6 is 0 Å². The number of hydrogen-bond donors (Lipinski definition) is 4. The fourth-order valence-electron chi connectivity index (χ4n) is 8.39. The summed E-state index contributed by atoms with van der Waals surface area (Å²) in [5, 5.41) is 26.0. The third-order valence-corrected chi connectivity index (χ3v) is 12.4. The van der Waals surface area contributed by atoms with Crippen molar-refractivity contribution in [3.8, 4) is 0 Å². The number of carbonyl (C=O) groups excluding carboxylic acids is 5. The molecule has 60 heavy (non-hydrogen) atoms. The Morgan fingerprint density at radius 1 is 0.733 bits per heavy atom. The van der Waals surface area contributed by atoms with Crippen LogP contribution in [0.2, 0.25) is 0 Å². The maximum atomic E-state index is 14.1. The van der Waals surface area contributed by atoms with Gasteiger partial charge in [0.1, 0.15) is 13.1 Å². The van der Waals surface area contributed by atoms with Crippen LogP contribution in [-0.4, -0.2) is 79.0 Å². The Balaban J connectivity index is 1.34. The van der Waals surface area contributed by atoms with Crippen molar-refractivity contribution in [3.63, 3.8) is 0 Å². The van der Waals surface area contributed by atoms with Gasteiger partial charge in [0.2, 0.25) is 29.3 Å². The van der Waals surface area contributed by atoms with E-state index in [-0.39, 0.29) is 60.5 Å². The molecule has 4 amide bonds. The minimum atomic E-state index is -0.477. The van der Waals surface area contributed by atoms with Crippen molar-refractivity contribution in [2.45, 2.75) is 130 Å². The predicted octanol–water partition coefficient (Wildman–Crippen LogP) is 6.22. The van der Waals surface area contributed by atoms with Crippen molar-refractivity contribution >= 4 is 52.1 Å². The number of nitrogens with zero attached hydrogens (tertiary/aromatic N) is 2. The standard InChI is InChI=1S/C48H68N6O6/c1-5-9-15-33(7-3)31-49-41(55)21-23-43(57)51-39-29-35(53-25-11-12-26-53)17-19-37(39)45-47(59)46(48(45)60)38-20-18-36(54-27-13-14-28-54)30-40(38)52-44(58)24-22-42(56)50-32-34(8-4)16-10-6-2/h17-20,29-30,33-34H,5-16,21-28,31-32H2,1-4H3,(H4,49,50,51,52,55,56,57,58,59,60). The molecular weight excluding hydrogens is 757 g/mol. The summed E-state index contributed by atoms with van der Waals surface area (Å²) in [4.78, 5) is 68.5. The van der Waals surface area contributed by atoms with E-state index in [0.29, 0.717) is 47.4 Å². The van der Waals surface area contributed by atoms with Crippen molar-refractivity contribution in [2.75, 3.05) is 49.5 Å². The number of anilines is 2. The van der Waals surface area contributed by atoms with E-state index in [9.17, 15) is 29.1 Å². The first-order valence-electron chi connectivity index (χ1n) is 22.8. The first-order chi connectivity index (χ1) is 29.1. The molecule has 0 radical (unpaired) electrons. The number of nitrogens with one attached hydrogen (secondary N) is 4. The molecular formula is C48H68N6O6. The van der Waals surface area contributed by atoms with Gasteiger partial charge in [-0.25, -0.2) is 4.58 Å². The number of hydrogen-bond acceptors (Lipinski definition) is 7. The van der Waals surface area contributed by atoms with E-state index in [1.54, 1.807) is 12.1 Å². The summed E-state index contributed by atoms with van der Waals surface area (Å²) in [5.41, 5.74) is 3.02. The number of ketones is 1. The van der Waals surface area contributed by atoms with Crippen LogP contribution in [0.25, 0.3) is 5.57 Å². The fourth-order valence-corrected chi connectivity index (χ4v) is 8.39. The monoisotopic (exact) mass is 825 g/mol. The largest absolute Gasteiger partial charge is 0.871 e. The van der Waals surface area contributed by atoms with Gasteiger partial charge in [0.25, 0.3) is 0 Å². The molecule has 0 saturated carbocycles. The second-order valence-electron chi connectivity index (χ2n) is 16.8. The lowest BCUT2D eigenvalue weighted by atomic mass is 9.78. The zero-order chi connectivity index (χ0) is 43.0. The summed E-state index contributed by atoms with van der Waals surface area (Å²) < 4.78 is 2.21. The number of rotatable bonds is 22. The van der Waals surface area contributed by atoms with Gasteiger partial charge in [-0.2, -0.15) is 0 Å². The van der Waals surface area contributed by atoms with Gasteiger partial charge in [-0.1, -0.05) is 78.0 Å². The first kappa shape index (κ1) is 46.1. The van der Waals surface area contributed by atoms with Gasteiger partial charge in [-0.05, 0) is 55.7 Å². The summed E-state index contributed by atoms with van der Waals surface area (Å²) in [5.74, 6) is -1.29. The summed E-state index contributed by atoms with van der Waals surface area (Å²) in [6, 6.07) is 5.40. The van der Waals surface area contributed by atoms with Gasteiger partial charge in [-0.15, -0.1) is 0 Å². The minimum Gasteiger partial charge on any atom is -0.871 e. The molecule has 2 heterocycles. The normalized spacial score (nSPS) is 18.6. The van der Waals surface area contributed by atoms with Gasteiger partial charge in [-0.3, -0.25) is 24.0 Å². The Morgan fingerprint density at radius 2 is 1.30 bits per heavy atom. The van der Waals surface area contributed by atoms with E-state index in [0.717, 1.165) is 115 Å². The molecule has 2 atom stereocenters. The molecule has 4 aliphatic rings. The van der Waals surface area contributed by atoms with E-state index in [1.165, 1.54) is 0 Å². The van der Waals surface area contributed by atoms with Crippen LogP contribution in [-0.2, 0) is 24.0 Å². The van der Waals surface area contributed by atoms with Crippen LogP contribution < -0.4 is 31.3 Å². The smallest absolute Gasteiger partial charge is 0.224 e. The molecule has 0 aromatic heterocycles. The topological polar surface area (TPSA) is 163 Å². The molecule has 12 nitrogen and oxygen atoms in total. The molecule has 326 valence electrons. The number of carbonyl (C=O) groups is 5. The second-order valence-corrected chi connectivity index (χ2v) is 16.8. The predicted molar refractivity (Wildman–Crippen MR) is 236 cm³/mol. The SMILES string of the molecule is CCCCC(CC)CNC(=O)CCC(=O)NC1=CC(=[N+]2CCCC2)C=C/C1=C1\C(=O)C(c2ccc(N3CCCC3)cc2NC(=O)CCC(=O)NCC(CC)CCCC)=C1[O-]. The van der Waals surface area contributed by atoms with Crippen molar-refractivity contribution in [3.05, 3.63) is 64.6 Å². The first-order valence-corrected chi connectivity index (χ1v) is 22.8. The summed E-state index contributed by atoms with van der Waals surface area (Å²) in [6.45, 7) is 13.2. The summed E-state index contributed by atoms with van der Waals surface area (Å²) >= 11 is 0. The highest BCUT2D eigenvalue weighted by molar-refractivity contribution is 6.40. The highest BCUT2D eigenvalue weighted by Crippen LogP contribution is 2.42. The quantitative estimate of drug-likeness (QED) is 0.0798. The molecule has 4 N–H and O–H groups in total. The lowest BCUT2D eigenvalue weighted by Gasteiger charge is -2.34. The lowest BCUT2D eigenvalue weighted by molar-refractivity contribution is -0.504. The van der Waals surface area contributed by atoms with E-state index in [2.05, 4.69) is 58.4 Å². The average molecular weight is 825 g/mol. The van der Waals surface area contributed by atoms with Crippen LogP contribution in [0.3, 0.4) is 0 Å². The Labute approximate surface area is 357 Å². The van der Waals surface area contributed by atoms with E-state index >= 15 is 0 Å². The molecule has 2 aliphatic heterocycles. The molecule has 12 heteroatoms. The van der Waals surface area contributed by atoms with Gasteiger partial charge < -0.3 is 31.3 Å². The van der Waals surface area contributed by atoms with E-state index < -0.39 is 11.5 Å². The van der Waals surface area contributed by atoms with Gasteiger partial charge in [0.15, 0.2) is 5.78 Å². The van der Waals surface area contributed by atoms with Gasteiger partial charge in [0, 0.05) is 105 Å². The number of amides is 4. The van der Waals surface area contributed by atoms with Crippen molar-refractivity contribution < 1.29 is 33.7 Å². The Kier molecular flexibility index (Phi) is 17.8. The molecule has 2 fully saturated rings. The molecule has 2 saturated heterocycles. The van der Waals surface area contributed by atoms with Crippen molar-refractivity contribution in [1.29, 1.82) is 0 Å². The molecule has 0 spiro atoms. The number of allylic oxidation sites excluding steroid dienone is 5. The van der Waals surface area contributed by atoms with Crippen LogP contribution in [0.4, 0.5) is 11.4 Å². The van der Waals surface area contributed by atoms with E-state index in [4.69, 9.17) is 0 Å². The van der Waals surface area contributed by atoms with Crippen molar-refractivity contribution in [1.82, 2.24) is 16.0 Å². The Morgan fingerprint density at radius 3 is 1.85 bits per heavy atom. The van der Waals surface area contributed by atoms with Crippen LogP contribution in [0.5, 0.6) is 0 Å². The zero-order valence-corrected chi connectivity index (χ0v) is 36.5. The Bertz CT molecular complexity index is 1890. The molecule has 1 aromatic rings. The maximum Gasteiger partial charge on any atom is 0.224 e. The summed E-state index contributed by atoms with van der Waals surface area (Å²) in [7, 11) is 0. The highest BCUT2D eigenvalue weighted by atomic mass is 16.3. The lowest BCUT2D eigenvalue weighted by Crippen LogP contribution is -2.35. The zero-order valence-electron chi connectivity index (χ0n) is 36.5. The second kappa shape index (κ2) is 23.1. The molecule has 1 aromatic carbocycles. The molecule has 2 aliphatic carbocycles. The van der Waals surface area contributed by atoms with Crippen LogP contribution in [0, 0.1) is 11.8 Å².